The number of carbonyl (C=O) groups is 1. The van der Waals surface area contributed by atoms with Crippen molar-refractivity contribution >= 4 is 34.1 Å². The van der Waals surface area contributed by atoms with Crippen molar-refractivity contribution < 1.29 is 18.3 Å². The maximum absolute atomic E-state index is 12.1. The first-order valence-corrected chi connectivity index (χ1v) is 5.05. The Morgan fingerprint density at radius 2 is 2.13 bits per heavy atom. The third-order valence-electron chi connectivity index (χ3n) is 1.73. The molecule has 0 fully saturated rings. The molecule has 0 heterocycles. The lowest BCUT2D eigenvalue weighted by Gasteiger charge is -2.12. The lowest BCUT2D eigenvalue weighted by molar-refractivity contribution is -0.0496. The Bertz CT molecular complexity index is 396. The van der Waals surface area contributed by atoms with Crippen LogP contribution in [0.5, 0.6) is 5.75 Å². The molecule has 15 heavy (non-hydrogen) atoms. The predicted octanol–water partition coefficient (Wildman–Crippen LogP) is 2.68. The van der Waals surface area contributed by atoms with E-state index in [9.17, 15) is 13.6 Å². The first kappa shape index (κ1) is 12.2. The number of hydrogen-bond donors (Lipinski definition) is 1. The largest absolute Gasteiger partial charge is 0.432 e. The van der Waals surface area contributed by atoms with Crippen molar-refractivity contribution in [3.05, 3.63) is 21.3 Å². The monoisotopic (exact) mass is 327 g/mol. The third kappa shape index (κ3) is 2.77. The van der Waals surface area contributed by atoms with Crippen LogP contribution in [-0.2, 0) is 0 Å². The average molecular weight is 327 g/mol. The van der Waals surface area contributed by atoms with Crippen LogP contribution in [0.2, 0.25) is 0 Å². The van der Waals surface area contributed by atoms with E-state index in [0.717, 1.165) is 0 Å². The quantitative estimate of drug-likeness (QED) is 0.528. The lowest BCUT2D eigenvalue weighted by atomic mass is 10.1. The van der Waals surface area contributed by atoms with Crippen molar-refractivity contribution in [2.75, 3.05) is 5.73 Å². The summed E-state index contributed by atoms with van der Waals surface area (Å²) in [7, 11) is 0. The minimum Gasteiger partial charge on any atom is -0.432 e. The number of rotatable bonds is 3. The van der Waals surface area contributed by atoms with Crippen molar-refractivity contribution in [2.24, 2.45) is 0 Å². The van der Waals surface area contributed by atoms with E-state index in [1.54, 1.807) is 6.07 Å². The number of anilines is 1. The second kappa shape index (κ2) is 4.73. The number of nitrogen functional groups attached to an aromatic ring is 1. The summed E-state index contributed by atoms with van der Waals surface area (Å²) in [5.74, 6) is -0.613. The van der Waals surface area contributed by atoms with E-state index in [4.69, 9.17) is 5.73 Å². The summed E-state index contributed by atoms with van der Waals surface area (Å²) in [5, 5.41) is 0. The van der Waals surface area contributed by atoms with Gasteiger partial charge in [-0.1, -0.05) is 0 Å². The molecule has 0 aromatic heterocycles. The van der Waals surface area contributed by atoms with Gasteiger partial charge in [0.2, 0.25) is 0 Å². The van der Waals surface area contributed by atoms with Gasteiger partial charge in [-0.25, -0.2) is 0 Å². The number of carbonyl (C=O) groups excluding carboxylic acids is 1. The van der Waals surface area contributed by atoms with Crippen molar-refractivity contribution in [3.63, 3.8) is 0 Å². The van der Waals surface area contributed by atoms with Crippen LogP contribution in [0.3, 0.4) is 0 Å². The summed E-state index contributed by atoms with van der Waals surface area (Å²) >= 11 is 1.88. The van der Waals surface area contributed by atoms with Crippen molar-refractivity contribution in [2.45, 2.75) is 13.5 Å². The highest BCUT2D eigenvalue weighted by atomic mass is 127. The molecule has 0 spiro atoms. The molecule has 0 saturated carbocycles. The van der Waals surface area contributed by atoms with Gasteiger partial charge in [-0.15, -0.1) is 0 Å². The van der Waals surface area contributed by atoms with Crippen molar-refractivity contribution in [1.29, 1.82) is 0 Å². The van der Waals surface area contributed by atoms with Crippen LogP contribution in [0.15, 0.2) is 12.1 Å². The Hall–Kier alpha value is -0.920. The fourth-order valence-electron chi connectivity index (χ4n) is 1.07. The highest BCUT2D eigenvalue weighted by molar-refractivity contribution is 14.1. The Kier molecular flexibility index (Phi) is 3.83. The predicted molar refractivity (Wildman–Crippen MR) is 60.2 cm³/mol. The molecule has 0 saturated heterocycles. The van der Waals surface area contributed by atoms with E-state index in [1.807, 2.05) is 22.6 Å². The van der Waals surface area contributed by atoms with E-state index in [2.05, 4.69) is 4.74 Å². The SMILES string of the molecule is CC(=O)c1ccc(I)c(N)c1OC(F)F. The van der Waals surface area contributed by atoms with Gasteiger partial charge in [-0.2, -0.15) is 8.78 Å². The van der Waals surface area contributed by atoms with Gasteiger partial charge in [-0.05, 0) is 41.6 Å². The molecule has 0 aliphatic carbocycles. The number of ether oxygens (including phenoxy) is 1. The fourth-order valence-corrected chi connectivity index (χ4v) is 1.49. The van der Waals surface area contributed by atoms with Crippen LogP contribution in [0.25, 0.3) is 0 Å². The summed E-state index contributed by atoms with van der Waals surface area (Å²) in [6.07, 6.45) is 0. The van der Waals surface area contributed by atoms with E-state index >= 15 is 0 Å². The molecule has 0 bridgehead atoms. The highest BCUT2D eigenvalue weighted by Crippen LogP contribution is 2.32. The van der Waals surface area contributed by atoms with Crippen LogP contribution >= 0.6 is 22.6 Å². The summed E-state index contributed by atoms with van der Waals surface area (Å²) in [6, 6.07) is 2.99. The van der Waals surface area contributed by atoms with Gasteiger partial charge in [0.1, 0.15) is 0 Å². The fraction of sp³-hybridized carbons (Fsp3) is 0.222. The molecule has 3 nitrogen and oxygen atoms in total. The van der Waals surface area contributed by atoms with Gasteiger partial charge >= 0.3 is 6.61 Å². The minimum atomic E-state index is -3.00. The maximum Gasteiger partial charge on any atom is 0.387 e. The standard InChI is InChI=1S/C9H8F2INO2/c1-4(14)5-2-3-6(12)7(13)8(5)15-9(10)11/h2-3,9H,13H2,1H3. The number of halogens is 3. The second-order valence-corrected chi connectivity index (χ2v) is 3.93. The molecule has 0 amide bonds. The van der Waals surface area contributed by atoms with Crippen LogP contribution in [-0.4, -0.2) is 12.4 Å². The molecule has 0 atom stereocenters. The van der Waals surface area contributed by atoms with Crippen LogP contribution in [0, 0.1) is 3.57 Å². The third-order valence-corrected chi connectivity index (χ3v) is 2.67. The number of Topliss-reactive ketones (excluding diaryl/α,β-unsaturated/α-hetero) is 1. The number of ketones is 1. The summed E-state index contributed by atoms with van der Waals surface area (Å²) < 4.78 is 29.0. The number of nitrogens with two attached hydrogens (primary N) is 1. The van der Waals surface area contributed by atoms with Crippen LogP contribution < -0.4 is 10.5 Å². The minimum absolute atomic E-state index is 0.0589. The molecule has 6 heteroatoms. The Labute approximate surface area is 98.7 Å². The van der Waals surface area contributed by atoms with Gasteiger partial charge < -0.3 is 10.5 Å². The van der Waals surface area contributed by atoms with Gasteiger partial charge in [0.05, 0.1) is 11.3 Å². The molecule has 2 N–H and O–H groups in total. The van der Waals surface area contributed by atoms with Gasteiger partial charge in [0.15, 0.2) is 11.5 Å². The Morgan fingerprint density at radius 3 is 2.60 bits per heavy atom. The molecule has 0 aliphatic heterocycles. The number of alkyl halides is 2. The number of hydrogen-bond acceptors (Lipinski definition) is 3. The van der Waals surface area contributed by atoms with E-state index < -0.39 is 6.61 Å². The first-order chi connectivity index (χ1) is 6.93. The second-order valence-electron chi connectivity index (χ2n) is 2.77. The molecule has 1 aromatic carbocycles. The topological polar surface area (TPSA) is 52.3 Å². The summed E-state index contributed by atoms with van der Waals surface area (Å²) in [4.78, 5) is 11.1. The van der Waals surface area contributed by atoms with Gasteiger partial charge in [0, 0.05) is 3.57 Å². The van der Waals surface area contributed by atoms with Gasteiger partial charge in [-0.3, -0.25) is 4.79 Å². The Morgan fingerprint density at radius 1 is 1.53 bits per heavy atom. The normalized spacial score (nSPS) is 10.5. The van der Waals surface area contributed by atoms with E-state index in [0.29, 0.717) is 3.57 Å². The first-order valence-electron chi connectivity index (χ1n) is 3.97. The molecular formula is C9H8F2INO2. The molecular weight excluding hydrogens is 319 g/mol. The molecule has 82 valence electrons. The molecule has 1 aromatic rings. The zero-order valence-corrected chi connectivity index (χ0v) is 9.92. The molecule has 0 unspecified atom stereocenters. The smallest absolute Gasteiger partial charge is 0.387 e. The highest BCUT2D eigenvalue weighted by Gasteiger charge is 2.17. The lowest BCUT2D eigenvalue weighted by Crippen LogP contribution is -2.09. The molecule has 0 aliphatic rings. The summed E-state index contributed by atoms with van der Waals surface area (Å²) in [6.45, 7) is -1.73. The Balaban J connectivity index is 3.28. The van der Waals surface area contributed by atoms with Crippen molar-refractivity contribution in [1.82, 2.24) is 0 Å². The molecule has 1 rings (SSSR count). The van der Waals surface area contributed by atoms with Crippen molar-refractivity contribution in [3.8, 4) is 5.75 Å². The average Bonchev–Trinajstić information content (AvgIpc) is 2.12. The van der Waals surface area contributed by atoms with Crippen LogP contribution in [0.4, 0.5) is 14.5 Å². The zero-order chi connectivity index (χ0) is 11.6. The van der Waals surface area contributed by atoms with E-state index in [1.165, 1.54) is 13.0 Å². The maximum atomic E-state index is 12.1. The number of benzene rings is 1. The zero-order valence-electron chi connectivity index (χ0n) is 7.76. The van der Waals surface area contributed by atoms with E-state index in [-0.39, 0.29) is 22.8 Å². The van der Waals surface area contributed by atoms with Crippen LogP contribution in [0.1, 0.15) is 17.3 Å². The summed E-state index contributed by atoms with van der Waals surface area (Å²) in [5.41, 5.74) is 5.67. The van der Waals surface area contributed by atoms with Gasteiger partial charge in [0.25, 0.3) is 0 Å². The molecule has 0 radical (unpaired) electrons.